The molecule has 2 aromatic heterocycles. The maximum Gasteiger partial charge on any atom is 0.269 e. The molecule has 0 aliphatic carbocycles. The van der Waals surface area contributed by atoms with Gasteiger partial charge in [0.15, 0.2) is 10.9 Å². The number of amides is 1. The molecular formula is C23H22N6O4S. The lowest BCUT2D eigenvalue weighted by atomic mass is 10.2. The number of hydrogen-bond acceptors (Lipinski definition) is 8. The van der Waals surface area contributed by atoms with Crippen molar-refractivity contribution in [3.63, 3.8) is 0 Å². The number of benzene rings is 2. The van der Waals surface area contributed by atoms with Crippen molar-refractivity contribution in [1.82, 2.24) is 20.1 Å². The molecule has 10 nitrogen and oxygen atoms in total. The first-order chi connectivity index (χ1) is 16.6. The molecule has 2 heterocycles. The third kappa shape index (κ3) is 6.01. The Kier molecular flexibility index (Phi) is 7.56. The first kappa shape index (κ1) is 23.1. The lowest BCUT2D eigenvalue weighted by molar-refractivity contribution is -0.384. The topological polar surface area (TPSA) is 128 Å². The molecule has 0 spiro atoms. The molecule has 4 aromatic rings. The second kappa shape index (κ2) is 11.1. The van der Waals surface area contributed by atoms with Crippen LogP contribution in [0.15, 0.2) is 82.6 Å². The Labute approximate surface area is 199 Å². The van der Waals surface area contributed by atoms with Gasteiger partial charge in [0, 0.05) is 30.9 Å². The average molecular weight is 479 g/mol. The molecule has 34 heavy (non-hydrogen) atoms. The van der Waals surface area contributed by atoms with E-state index in [2.05, 4.69) is 20.8 Å². The van der Waals surface area contributed by atoms with Gasteiger partial charge in [0.2, 0.25) is 11.7 Å². The number of nitrogens with one attached hydrogen (secondary N) is 2. The minimum absolute atomic E-state index is 0.0335. The predicted octanol–water partition coefficient (Wildman–Crippen LogP) is 3.82. The van der Waals surface area contributed by atoms with Gasteiger partial charge in [0.05, 0.1) is 23.5 Å². The standard InChI is InChI=1S/C23H22N6O4S/c30-21(25-13-12-24-18-8-10-19(11-9-18)29(31)32)16-34-23-27-26-22(20-7-4-14-33-20)28(23)15-17-5-2-1-3-6-17/h1-11,14,24H,12-13,15-16H2,(H,25,30). The van der Waals surface area contributed by atoms with E-state index in [1.54, 1.807) is 24.5 Å². The number of thioether (sulfide) groups is 1. The zero-order valence-corrected chi connectivity index (χ0v) is 18.9. The molecule has 0 bridgehead atoms. The maximum absolute atomic E-state index is 12.3. The number of non-ortho nitro benzene ring substituents is 1. The van der Waals surface area contributed by atoms with Gasteiger partial charge in [-0.1, -0.05) is 42.1 Å². The molecule has 1 amide bonds. The van der Waals surface area contributed by atoms with Crippen LogP contribution in [-0.4, -0.2) is 44.4 Å². The largest absolute Gasteiger partial charge is 0.461 e. The molecule has 0 fully saturated rings. The van der Waals surface area contributed by atoms with Crippen LogP contribution in [0.5, 0.6) is 0 Å². The van der Waals surface area contributed by atoms with Gasteiger partial charge in [0.1, 0.15) is 0 Å². The van der Waals surface area contributed by atoms with Gasteiger partial charge in [-0.3, -0.25) is 19.5 Å². The molecule has 0 radical (unpaired) electrons. The first-order valence-electron chi connectivity index (χ1n) is 10.5. The molecule has 4 rings (SSSR count). The van der Waals surface area contributed by atoms with E-state index in [-0.39, 0.29) is 17.3 Å². The molecule has 0 unspecified atom stereocenters. The Bertz CT molecular complexity index is 1230. The first-order valence-corrected chi connectivity index (χ1v) is 11.5. The van der Waals surface area contributed by atoms with Crippen LogP contribution in [0.25, 0.3) is 11.6 Å². The summed E-state index contributed by atoms with van der Waals surface area (Å²) >= 11 is 1.30. The van der Waals surface area contributed by atoms with Gasteiger partial charge in [-0.15, -0.1) is 10.2 Å². The van der Waals surface area contributed by atoms with Crippen LogP contribution in [0, 0.1) is 10.1 Å². The minimum Gasteiger partial charge on any atom is -0.461 e. The molecule has 0 aliphatic heterocycles. The summed E-state index contributed by atoms with van der Waals surface area (Å²) < 4.78 is 7.44. The number of rotatable bonds is 11. The van der Waals surface area contributed by atoms with Crippen LogP contribution in [0.3, 0.4) is 0 Å². The second-order valence-electron chi connectivity index (χ2n) is 7.22. The van der Waals surface area contributed by atoms with Crippen LogP contribution < -0.4 is 10.6 Å². The Morgan fingerprint density at radius 1 is 1.03 bits per heavy atom. The van der Waals surface area contributed by atoms with Crippen LogP contribution in [0.4, 0.5) is 11.4 Å². The summed E-state index contributed by atoms with van der Waals surface area (Å²) in [6.45, 7) is 1.44. The Morgan fingerprint density at radius 3 is 2.53 bits per heavy atom. The van der Waals surface area contributed by atoms with E-state index in [0.29, 0.717) is 36.4 Å². The molecule has 174 valence electrons. The monoisotopic (exact) mass is 478 g/mol. The van der Waals surface area contributed by atoms with E-state index in [4.69, 9.17) is 4.42 Å². The number of nitro groups is 1. The van der Waals surface area contributed by atoms with Gasteiger partial charge >= 0.3 is 0 Å². The fraction of sp³-hybridized carbons (Fsp3) is 0.174. The van der Waals surface area contributed by atoms with E-state index in [0.717, 1.165) is 11.3 Å². The summed E-state index contributed by atoms with van der Waals surface area (Å²) in [6.07, 6.45) is 1.59. The summed E-state index contributed by atoms with van der Waals surface area (Å²) in [6, 6.07) is 19.7. The lowest BCUT2D eigenvalue weighted by Gasteiger charge is -2.10. The number of aromatic nitrogens is 3. The fourth-order valence-corrected chi connectivity index (χ4v) is 3.95. The zero-order chi connectivity index (χ0) is 23.8. The number of anilines is 1. The van der Waals surface area contributed by atoms with E-state index in [1.807, 2.05) is 41.0 Å². The van der Waals surface area contributed by atoms with Crippen molar-refractivity contribution >= 4 is 29.0 Å². The molecular weight excluding hydrogens is 456 g/mol. The number of nitrogens with zero attached hydrogens (tertiary/aromatic N) is 4. The normalized spacial score (nSPS) is 10.7. The highest BCUT2D eigenvalue weighted by Crippen LogP contribution is 2.25. The van der Waals surface area contributed by atoms with Gasteiger partial charge < -0.3 is 15.1 Å². The fourth-order valence-electron chi connectivity index (χ4n) is 3.18. The second-order valence-corrected chi connectivity index (χ2v) is 8.17. The quantitative estimate of drug-likeness (QED) is 0.144. The third-order valence-electron chi connectivity index (χ3n) is 4.83. The van der Waals surface area contributed by atoms with Crippen molar-refractivity contribution in [2.45, 2.75) is 11.7 Å². The highest BCUT2D eigenvalue weighted by Gasteiger charge is 2.17. The number of carbonyl (C=O) groups is 1. The number of carbonyl (C=O) groups excluding carboxylic acids is 1. The van der Waals surface area contributed by atoms with Gasteiger partial charge in [-0.05, 0) is 29.8 Å². The molecule has 0 atom stereocenters. The molecule has 0 saturated heterocycles. The minimum atomic E-state index is -0.445. The number of hydrogen-bond donors (Lipinski definition) is 2. The van der Waals surface area contributed by atoms with E-state index >= 15 is 0 Å². The van der Waals surface area contributed by atoms with E-state index < -0.39 is 4.92 Å². The highest BCUT2D eigenvalue weighted by atomic mass is 32.2. The third-order valence-corrected chi connectivity index (χ3v) is 5.80. The summed E-state index contributed by atoms with van der Waals surface area (Å²) in [5, 5.41) is 25.8. The molecule has 2 aromatic carbocycles. The van der Waals surface area contributed by atoms with Crippen LogP contribution in [-0.2, 0) is 11.3 Å². The van der Waals surface area contributed by atoms with E-state index in [1.165, 1.54) is 23.9 Å². The highest BCUT2D eigenvalue weighted by molar-refractivity contribution is 7.99. The summed E-state index contributed by atoms with van der Waals surface area (Å²) in [5.41, 5.74) is 1.86. The lowest BCUT2D eigenvalue weighted by Crippen LogP contribution is -2.30. The smallest absolute Gasteiger partial charge is 0.269 e. The summed E-state index contributed by atoms with van der Waals surface area (Å²) in [4.78, 5) is 22.6. The zero-order valence-electron chi connectivity index (χ0n) is 18.1. The van der Waals surface area contributed by atoms with E-state index in [9.17, 15) is 14.9 Å². The molecule has 11 heteroatoms. The van der Waals surface area contributed by atoms with Crippen molar-refractivity contribution in [1.29, 1.82) is 0 Å². The Hall–Kier alpha value is -4.12. The van der Waals surface area contributed by atoms with Crippen molar-refractivity contribution in [2.24, 2.45) is 0 Å². The van der Waals surface area contributed by atoms with Crippen molar-refractivity contribution < 1.29 is 14.1 Å². The number of nitro benzene ring substituents is 1. The number of furan rings is 1. The van der Waals surface area contributed by atoms with Crippen molar-refractivity contribution in [2.75, 3.05) is 24.2 Å². The Morgan fingerprint density at radius 2 is 1.82 bits per heavy atom. The van der Waals surface area contributed by atoms with Gasteiger partial charge in [0.25, 0.3) is 5.69 Å². The Balaban J connectivity index is 1.30. The molecule has 0 aliphatic rings. The van der Waals surface area contributed by atoms with Crippen LogP contribution in [0.1, 0.15) is 5.56 Å². The van der Waals surface area contributed by atoms with Crippen LogP contribution in [0.2, 0.25) is 0 Å². The SMILES string of the molecule is O=C(CSc1nnc(-c2ccco2)n1Cc1ccccc1)NCCNc1ccc([N+](=O)[O-])cc1. The van der Waals surface area contributed by atoms with Gasteiger partial charge in [-0.25, -0.2) is 0 Å². The molecule has 2 N–H and O–H groups in total. The molecule has 0 saturated carbocycles. The van der Waals surface area contributed by atoms with Crippen molar-refractivity contribution in [3.05, 3.63) is 88.7 Å². The predicted molar refractivity (Wildman–Crippen MR) is 129 cm³/mol. The maximum atomic E-state index is 12.3. The van der Waals surface area contributed by atoms with Crippen molar-refractivity contribution in [3.8, 4) is 11.6 Å². The van der Waals surface area contributed by atoms with Crippen LogP contribution >= 0.6 is 11.8 Å². The summed E-state index contributed by atoms with van der Waals surface area (Å²) in [7, 11) is 0. The summed E-state index contributed by atoms with van der Waals surface area (Å²) in [5.74, 6) is 1.26. The van der Waals surface area contributed by atoms with Gasteiger partial charge in [-0.2, -0.15) is 0 Å². The average Bonchev–Trinajstić information content (AvgIpc) is 3.52.